The fourth-order valence-electron chi connectivity index (χ4n) is 4.56. The van der Waals surface area contributed by atoms with E-state index in [1.807, 2.05) is 44.2 Å². The third kappa shape index (κ3) is 4.86. The molecule has 0 aliphatic carbocycles. The van der Waals surface area contributed by atoms with Crippen LogP contribution in [0.4, 0.5) is 5.69 Å². The van der Waals surface area contributed by atoms with Gasteiger partial charge in [0, 0.05) is 29.1 Å². The molecule has 0 unspecified atom stereocenters. The summed E-state index contributed by atoms with van der Waals surface area (Å²) in [6, 6.07) is 17.2. The zero-order chi connectivity index (χ0) is 26.8. The normalized spacial score (nSPS) is 11.0. The van der Waals surface area contributed by atoms with Crippen molar-refractivity contribution in [3.8, 4) is 22.6 Å². The Hall–Kier alpha value is -4.92. The first-order valence-corrected chi connectivity index (χ1v) is 12.0. The number of carbonyl (C=O) groups excluding carboxylic acids is 1. The molecule has 9 heteroatoms. The minimum absolute atomic E-state index is 0.0967. The van der Waals surface area contributed by atoms with Gasteiger partial charge in [-0.1, -0.05) is 11.2 Å². The zero-order valence-corrected chi connectivity index (χ0v) is 21.2. The number of benzene rings is 2. The van der Waals surface area contributed by atoms with E-state index < -0.39 is 0 Å². The van der Waals surface area contributed by atoms with Crippen LogP contribution >= 0.6 is 0 Å². The summed E-state index contributed by atoms with van der Waals surface area (Å²) in [6.45, 7) is 3.91. The van der Waals surface area contributed by atoms with Crippen molar-refractivity contribution in [1.29, 1.82) is 0 Å². The van der Waals surface area contributed by atoms with E-state index >= 15 is 0 Å². The van der Waals surface area contributed by atoms with Crippen LogP contribution in [0.5, 0.6) is 11.5 Å². The maximum Gasteiger partial charge on any atom is 0.255 e. The average molecular weight is 511 g/mol. The van der Waals surface area contributed by atoms with E-state index in [0.29, 0.717) is 34.0 Å². The van der Waals surface area contributed by atoms with Gasteiger partial charge in [0.05, 0.1) is 42.5 Å². The smallest absolute Gasteiger partial charge is 0.255 e. The molecule has 0 radical (unpaired) electrons. The molecule has 5 rings (SSSR count). The molecule has 0 fully saturated rings. The van der Waals surface area contributed by atoms with Crippen molar-refractivity contribution in [1.82, 2.24) is 14.7 Å². The molecule has 2 N–H and O–H groups in total. The SMILES string of the molecule is COc1cc2c(cc1-c1c(C)noc1C)cc(CC(=O)Nc1ccc(O)cc1)c(=O)n2Cc1ccccn1. The summed E-state index contributed by atoms with van der Waals surface area (Å²) in [5, 5.41) is 17.1. The Labute approximate surface area is 218 Å². The third-order valence-corrected chi connectivity index (χ3v) is 6.34. The summed E-state index contributed by atoms with van der Waals surface area (Å²) in [5.74, 6) is 0.963. The van der Waals surface area contributed by atoms with Crippen LogP contribution in [-0.4, -0.2) is 32.8 Å². The summed E-state index contributed by atoms with van der Waals surface area (Å²) >= 11 is 0. The molecule has 0 spiro atoms. The summed E-state index contributed by atoms with van der Waals surface area (Å²) in [5.41, 5.74) is 4.22. The average Bonchev–Trinajstić information content (AvgIpc) is 3.25. The monoisotopic (exact) mass is 510 g/mol. The van der Waals surface area contributed by atoms with Crippen molar-refractivity contribution in [2.45, 2.75) is 26.8 Å². The van der Waals surface area contributed by atoms with Crippen LogP contribution in [0.15, 0.2) is 76.2 Å². The van der Waals surface area contributed by atoms with E-state index in [-0.39, 0.29) is 30.2 Å². The molecule has 1 amide bonds. The number of amides is 1. The number of phenolic OH excluding ortho intramolecular Hbond substituents is 1. The van der Waals surface area contributed by atoms with E-state index in [1.54, 1.807) is 36.1 Å². The lowest BCUT2D eigenvalue weighted by molar-refractivity contribution is -0.115. The molecule has 0 bridgehead atoms. The lowest BCUT2D eigenvalue weighted by atomic mass is 9.99. The van der Waals surface area contributed by atoms with E-state index in [2.05, 4.69) is 15.5 Å². The van der Waals surface area contributed by atoms with Gasteiger partial charge in [-0.3, -0.25) is 14.6 Å². The number of carbonyl (C=O) groups is 1. The molecule has 9 nitrogen and oxygen atoms in total. The topological polar surface area (TPSA) is 119 Å². The van der Waals surface area contributed by atoms with Gasteiger partial charge < -0.3 is 24.3 Å². The second-order valence-corrected chi connectivity index (χ2v) is 8.96. The molecule has 0 saturated heterocycles. The molecule has 2 aromatic carbocycles. The standard InChI is InChI=1S/C29H26N4O5/c1-17-28(18(2)38-32-17)24-13-19-12-20(14-27(35)31-21-7-9-23(34)10-8-21)29(36)33(25(19)15-26(24)37-3)16-22-6-4-5-11-30-22/h4-13,15,34H,14,16H2,1-3H3,(H,31,35). The Morgan fingerprint density at radius 3 is 2.55 bits per heavy atom. The number of phenols is 1. The van der Waals surface area contributed by atoms with Crippen LogP contribution < -0.4 is 15.6 Å². The fourth-order valence-corrected chi connectivity index (χ4v) is 4.56. The van der Waals surface area contributed by atoms with Gasteiger partial charge in [0.15, 0.2) is 0 Å². The van der Waals surface area contributed by atoms with Gasteiger partial charge >= 0.3 is 0 Å². The van der Waals surface area contributed by atoms with Crippen LogP contribution in [-0.2, 0) is 17.8 Å². The molecule has 3 heterocycles. The van der Waals surface area contributed by atoms with Crippen molar-refractivity contribution in [2.75, 3.05) is 12.4 Å². The number of hydrogen-bond acceptors (Lipinski definition) is 7. The molecule has 38 heavy (non-hydrogen) atoms. The minimum Gasteiger partial charge on any atom is -0.508 e. The molecule has 3 aromatic heterocycles. The molecule has 0 atom stereocenters. The van der Waals surface area contributed by atoms with E-state index in [4.69, 9.17) is 9.26 Å². The summed E-state index contributed by atoms with van der Waals surface area (Å²) in [7, 11) is 1.58. The van der Waals surface area contributed by atoms with Crippen molar-refractivity contribution >= 4 is 22.5 Å². The molecular weight excluding hydrogens is 484 g/mol. The van der Waals surface area contributed by atoms with Crippen LogP contribution in [0.3, 0.4) is 0 Å². The maximum absolute atomic E-state index is 13.7. The number of hydrogen-bond donors (Lipinski definition) is 2. The number of methoxy groups -OCH3 is 1. The van der Waals surface area contributed by atoms with E-state index in [9.17, 15) is 14.7 Å². The lowest BCUT2D eigenvalue weighted by Crippen LogP contribution is -2.28. The number of anilines is 1. The number of rotatable bonds is 7. The number of fused-ring (bicyclic) bond motifs is 1. The molecule has 5 aromatic rings. The van der Waals surface area contributed by atoms with Crippen molar-refractivity contribution in [2.24, 2.45) is 0 Å². The van der Waals surface area contributed by atoms with Crippen LogP contribution in [0.2, 0.25) is 0 Å². The molecule has 0 saturated carbocycles. The number of ether oxygens (including phenoxy) is 1. The van der Waals surface area contributed by atoms with Crippen LogP contribution in [0.1, 0.15) is 22.7 Å². The fraction of sp³-hybridized carbons (Fsp3) is 0.172. The highest BCUT2D eigenvalue weighted by atomic mass is 16.5. The number of aromatic hydroxyl groups is 1. The molecule has 0 aliphatic rings. The van der Waals surface area contributed by atoms with E-state index in [1.165, 1.54) is 12.1 Å². The summed E-state index contributed by atoms with van der Waals surface area (Å²) in [6.07, 6.45) is 1.54. The Morgan fingerprint density at radius 2 is 1.89 bits per heavy atom. The van der Waals surface area contributed by atoms with Crippen LogP contribution in [0.25, 0.3) is 22.0 Å². The quantitative estimate of drug-likeness (QED) is 0.307. The molecule has 192 valence electrons. The Bertz CT molecular complexity index is 1670. The van der Waals surface area contributed by atoms with Crippen LogP contribution in [0, 0.1) is 13.8 Å². The number of nitrogens with zero attached hydrogens (tertiary/aromatic N) is 3. The van der Waals surface area contributed by atoms with Gasteiger partial charge in [0.1, 0.15) is 17.3 Å². The van der Waals surface area contributed by atoms with Crippen molar-refractivity contribution in [3.63, 3.8) is 0 Å². The molecule has 0 aliphatic heterocycles. The number of pyridine rings is 2. The van der Waals surface area contributed by atoms with Gasteiger partial charge in [0.2, 0.25) is 5.91 Å². The molecular formula is C29H26N4O5. The zero-order valence-electron chi connectivity index (χ0n) is 21.2. The maximum atomic E-state index is 13.7. The number of aryl methyl sites for hydroxylation is 2. The summed E-state index contributed by atoms with van der Waals surface area (Å²) < 4.78 is 12.7. The van der Waals surface area contributed by atoms with Gasteiger partial charge in [-0.25, -0.2) is 0 Å². The highest BCUT2D eigenvalue weighted by molar-refractivity contribution is 5.94. The number of nitrogens with one attached hydrogen (secondary N) is 1. The lowest BCUT2D eigenvalue weighted by Gasteiger charge is -2.16. The van der Waals surface area contributed by atoms with Crippen molar-refractivity contribution in [3.05, 3.63) is 99.9 Å². The highest BCUT2D eigenvalue weighted by Gasteiger charge is 2.20. The first-order valence-electron chi connectivity index (χ1n) is 12.0. The van der Waals surface area contributed by atoms with E-state index in [0.717, 1.165) is 22.2 Å². The Balaban J connectivity index is 1.64. The summed E-state index contributed by atoms with van der Waals surface area (Å²) in [4.78, 5) is 31.0. The van der Waals surface area contributed by atoms with Crippen molar-refractivity contribution < 1.29 is 19.2 Å². The number of aromatic nitrogens is 3. The predicted octanol–water partition coefficient (Wildman–Crippen LogP) is 4.61. The minimum atomic E-state index is -0.351. The Morgan fingerprint density at radius 1 is 1.11 bits per heavy atom. The first-order chi connectivity index (χ1) is 18.3. The predicted molar refractivity (Wildman–Crippen MR) is 144 cm³/mol. The van der Waals surface area contributed by atoms with Gasteiger partial charge in [-0.15, -0.1) is 0 Å². The van der Waals surface area contributed by atoms with Gasteiger partial charge in [-0.2, -0.15) is 0 Å². The largest absolute Gasteiger partial charge is 0.508 e. The van der Waals surface area contributed by atoms with Gasteiger partial charge in [-0.05, 0) is 67.8 Å². The Kier molecular flexibility index (Phi) is 6.66. The first kappa shape index (κ1) is 24.8. The highest BCUT2D eigenvalue weighted by Crippen LogP contribution is 2.37. The second-order valence-electron chi connectivity index (χ2n) is 8.96. The second kappa shape index (κ2) is 10.2. The third-order valence-electron chi connectivity index (χ3n) is 6.34. The van der Waals surface area contributed by atoms with Gasteiger partial charge in [0.25, 0.3) is 5.56 Å².